The number of hydrogen-bond acceptors (Lipinski definition) is 2. The lowest BCUT2D eigenvalue weighted by Gasteiger charge is -2.71. The Labute approximate surface area is 172 Å². The average molecular weight is 382 g/mol. The van der Waals surface area contributed by atoms with Gasteiger partial charge in [0.2, 0.25) is 0 Å². The molecule has 0 spiro atoms. The molecule has 3 heteroatoms. The van der Waals surface area contributed by atoms with E-state index in [-0.39, 0.29) is 34.5 Å². The van der Waals surface area contributed by atoms with E-state index in [1.165, 1.54) is 30.4 Å². The van der Waals surface area contributed by atoms with Crippen LogP contribution in [0.2, 0.25) is 5.31 Å². The van der Waals surface area contributed by atoms with Crippen LogP contribution < -0.4 is 0 Å². The molecule has 0 atom stereocenters. The fourth-order valence-electron chi connectivity index (χ4n) is 5.32. The van der Waals surface area contributed by atoms with Gasteiger partial charge in [0.05, 0.1) is 11.2 Å². The Morgan fingerprint density at radius 3 is 1.46 bits per heavy atom. The van der Waals surface area contributed by atoms with Crippen molar-refractivity contribution in [3.8, 4) is 0 Å². The Kier molecular flexibility index (Phi) is 3.99. The van der Waals surface area contributed by atoms with Crippen LogP contribution >= 0.6 is 0 Å². The first-order valence-electron chi connectivity index (χ1n) is 11.0. The van der Waals surface area contributed by atoms with E-state index in [0.29, 0.717) is 5.41 Å². The van der Waals surface area contributed by atoms with Crippen LogP contribution in [0.4, 0.5) is 0 Å². The average Bonchev–Trinajstić information content (AvgIpc) is 2.62. The second-order valence-corrected chi connectivity index (χ2v) is 13.1. The summed E-state index contributed by atoms with van der Waals surface area (Å²) in [7, 11) is -0.0488. The molecule has 154 valence electrons. The summed E-state index contributed by atoms with van der Waals surface area (Å²) in [6.45, 7) is 22.6. The van der Waals surface area contributed by atoms with E-state index in [9.17, 15) is 0 Å². The van der Waals surface area contributed by atoms with Gasteiger partial charge in [0.25, 0.3) is 0 Å². The zero-order chi connectivity index (χ0) is 21.0. The highest BCUT2D eigenvalue weighted by Crippen LogP contribution is 2.81. The highest BCUT2D eigenvalue weighted by Gasteiger charge is 2.76. The molecule has 5 rings (SSSR count). The molecule has 0 amide bonds. The Hall–Kier alpha value is -0.795. The fraction of sp³-hybridized carbons (Fsp3) is 0.760. The van der Waals surface area contributed by atoms with Gasteiger partial charge in [-0.3, -0.25) is 0 Å². The van der Waals surface area contributed by atoms with Gasteiger partial charge in [-0.1, -0.05) is 59.7 Å². The van der Waals surface area contributed by atoms with Crippen molar-refractivity contribution in [2.75, 3.05) is 0 Å². The number of benzene rings is 1. The maximum atomic E-state index is 6.42. The van der Waals surface area contributed by atoms with Crippen molar-refractivity contribution in [3.63, 3.8) is 0 Å². The van der Waals surface area contributed by atoms with Gasteiger partial charge in [-0.25, -0.2) is 0 Å². The summed E-state index contributed by atoms with van der Waals surface area (Å²) in [5, 5.41) is 0.227. The Bertz CT molecular complexity index is 739. The molecule has 0 N–H and O–H groups in total. The molecule has 0 aromatic heterocycles. The van der Waals surface area contributed by atoms with E-state index in [1.54, 1.807) is 5.56 Å². The monoisotopic (exact) mass is 382 g/mol. The van der Waals surface area contributed by atoms with Crippen LogP contribution in [-0.4, -0.2) is 18.3 Å². The standard InChI is InChI=1S/C25H39BO2/c1-20(2,3)17-11-18(21(4,5)6)13-19(12-17)24-14-25(15-24,16-24)26-27-22(7,8)23(9,10)28-26/h11-13H,14-16H2,1-10H3. The molecule has 2 nitrogen and oxygen atoms in total. The SMILES string of the molecule is CC(C)(C)c1cc(C(C)(C)C)cc(C23CC(B4OC(C)(C)C(C)(C)O4)(C2)C3)c1. The smallest absolute Gasteiger partial charge is 0.403 e. The summed E-state index contributed by atoms with van der Waals surface area (Å²) in [4.78, 5) is 0. The molecule has 1 aromatic rings. The molecular weight excluding hydrogens is 343 g/mol. The van der Waals surface area contributed by atoms with Gasteiger partial charge in [0.15, 0.2) is 0 Å². The topological polar surface area (TPSA) is 18.5 Å². The molecule has 0 radical (unpaired) electrons. The third kappa shape index (κ3) is 2.83. The third-order valence-electron chi connectivity index (χ3n) is 8.10. The van der Waals surface area contributed by atoms with Crippen LogP contribution in [0.5, 0.6) is 0 Å². The quantitative estimate of drug-likeness (QED) is 0.540. The van der Waals surface area contributed by atoms with Crippen LogP contribution in [0.3, 0.4) is 0 Å². The van der Waals surface area contributed by atoms with Crippen LogP contribution in [0.15, 0.2) is 18.2 Å². The van der Waals surface area contributed by atoms with Gasteiger partial charge < -0.3 is 9.31 Å². The molecule has 1 heterocycles. The highest BCUT2D eigenvalue weighted by molar-refractivity contribution is 6.51. The summed E-state index contributed by atoms with van der Waals surface area (Å²) in [5.41, 5.74) is 4.69. The minimum absolute atomic E-state index is 0.0488. The molecule has 1 saturated heterocycles. The van der Waals surface area contributed by atoms with Crippen LogP contribution in [-0.2, 0) is 25.6 Å². The minimum atomic E-state index is -0.230. The lowest BCUT2D eigenvalue weighted by molar-refractivity contribution is -0.0385. The van der Waals surface area contributed by atoms with E-state index in [1.807, 2.05) is 0 Å². The van der Waals surface area contributed by atoms with Crippen molar-refractivity contribution in [1.82, 2.24) is 0 Å². The van der Waals surface area contributed by atoms with Gasteiger partial charge in [-0.05, 0) is 79.9 Å². The summed E-state index contributed by atoms with van der Waals surface area (Å²) in [6.07, 6.45) is 3.61. The Morgan fingerprint density at radius 1 is 0.714 bits per heavy atom. The van der Waals surface area contributed by atoms with Crippen molar-refractivity contribution >= 4 is 7.12 Å². The van der Waals surface area contributed by atoms with Gasteiger partial charge in [-0.15, -0.1) is 0 Å². The maximum Gasteiger partial charge on any atom is 0.464 e. The van der Waals surface area contributed by atoms with E-state index in [4.69, 9.17) is 9.31 Å². The number of hydrogen-bond donors (Lipinski definition) is 0. The largest absolute Gasteiger partial charge is 0.464 e. The van der Waals surface area contributed by atoms with Gasteiger partial charge >= 0.3 is 7.12 Å². The summed E-state index contributed by atoms with van der Waals surface area (Å²) in [6, 6.07) is 7.41. The van der Waals surface area contributed by atoms with Crippen LogP contribution in [0.1, 0.15) is 105 Å². The molecule has 0 unspecified atom stereocenters. The molecule has 28 heavy (non-hydrogen) atoms. The molecule has 3 aliphatic carbocycles. The summed E-state index contributed by atoms with van der Waals surface area (Å²) < 4.78 is 12.8. The zero-order valence-electron chi connectivity index (χ0n) is 19.7. The molecule has 4 fully saturated rings. The first kappa shape index (κ1) is 20.5. The van der Waals surface area contributed by atoms with Crippen LogP contribution in [0.25, 0.3) is 0 Å². The van der Waals surface area contributed by atoms with Crippen molar-refractivity contribution in [1.29, 1.82) is 0 Å². The predicted octanol–water partition coefficient (Wildman–Crippen LogP) is 6.55. The van der Waals surface area contributed by atoms with E-state index in [2.05, 4.69) is 87.4 Å². The number of rotatable bonds is 2. The first-order chi connectivity index (χ1) is 12.5. The van der Waals surface area contributed by atoms with Crippen molar-refractivity contribution in [3.05, 3.63) is 34.9 Å². The second kappa shape index (κ2) is 5.46. The lowest BCUT2D eigenvalue weighted by atomic mass is 9.23. The summed E-state index contributed by atoms with van der Waals surface area (Å²) >= 11 is 0. The lowest BCUT2D eigenvalue weighted by Crippen LogP contribution is -2.66. The third-order valence-corrected chi connectivity index (χ3v) is 8.10. The van der Waals surface area contributed by atoms with E-state index >= 15 is 0 Å². The molecule has 4 aliphatic rings. The zero-order valence-corrected chi connectivity index (χ0v) is 19.7. The molecule has 1 aromatic carbocycles. The normalized spacial score (nSPS) is 33.4. The van der Waals surface area contributed by atoms with Crippen molar-refractivity contribution < 1.29 is 9.31 Å². The second-order valence-electron chi connectivity index (χ2n) is 13.1. The highest BCUT2D eigenvalue weighted by atomic mass is 16.7. The summed E-state index contributed by atoms with van der Waals surface area (Å²) in [5.74, 6) is 0. The van der Waals surface area contributed by atoms with Crippen molar-refractivity contribution in [2.24, 2.45) is 0 Å². The predicted molar refractivity (Wildman–Crippen MR) is 118 cm³/mol. The molecule has 3 saturated carbocycles. The molecule has 1 aliphatic heterocycles. The van der Waals surface area contributed by atoms with E-state index < -0.39 is 0 Å². The van der Waals surface area contributed by atoms with Crippen LogP contribution in [0, 0.1) is 0 Å². The van der Waals surface area contributed by atoms with Crippen molar-refractivity contribution in [2.45, 2.75) is 121 Å². The van der Waals surface area contributed by atoms with E-state index in [0.717, 1.165) is 0 Å². The van der Waals surface area contributed by atoms with Gasteiger partial charge in [0.1, 0.15) is 0 Å². The van der Waals surface area contributed by atoms with Gasteiger partial charge in [-0.2, -0.15) is 0 Å². The first-order valence-corrected chi connectivity index (χ1v) is 11.0. The Morgan fingerprint density at radius 2 is 1.11 bits per heavy atom. The van der Waals surface area contributed by atoms with Gasteiger partial charge in [0, 0.05) is 5.31 Å². The minimum Gasteiger partial charge on any atom is -0.403 e. The maximum absolute atomic E-state index is 6.42. The Balaban J connectivity index is 1.60. The molecular formula is C25H39BO2. The fourth-order valence-corrected chi connectivity index (χ4v) is 5.32. The molecule has 2 bridgehead atoms.